The summed E-state index contributed by atoms with van der Waals surface area (Å²) in [5.41, 5.74) is 0.864. The molecule has 0 fully saturated rings. The van der Waals surface area contributed by atoms with Crippen molar-refractivity contribution in [2.45, 2.75) is 31.6 Å². The maximum atomic E-state index is 12.0. The van der Waals surface area contributed by atoms with Crippen LogP contribution < -0.4 is 0 Å². The summed E-state index contributed by atoms with van der Waals surface area (Å²) >= 11 is 0. The van der Waals surface area contributed by atoms with E-state index in [1.165, 1.54) is 12.1 Å². The number of rotatable bonds is 5. The average Bonchev–Trinajstić information content (AvgIpc) is 2.28. The van der Waals surface area contributed by atoms with Crippen molar-refractivity contribution in [1.82, 2.24) is 0 Å². The second-order valence-electron chi connectivity index (χ2n) is 4.06. The Kier molecular flexibility index (Phi) is 4.67. The van der Waals surface area contributed by atoms with E-state index in [4.69, 9.17) is 5.11 Å². The van der Waals surface area contributed by atoms with Crippen molar-refractivity contribution in [2.75, 3.05) is 0 Å². The molecular weight excluding hydrogens is 252 g/mol. The van der Waals surface area contributed by atoms with E-state index in [2.05, 4.69) is 0 Å². The molecule has 98 valence electrons. The summed E-state index contributed by atoms with van der Waals surface area (Å²) in [5, 5.41) is 9.78. The van der Waals surface area contributed by atoms with Gasteiger partial charge in [0.25, 0.3) is 0 Å². The van der Waals surface area contributed by atoms with Gasteiger partial charge in [-0.15, -0.1) is 0 Å². The Morgan fingerprint density at radius 2 is 1.83 bits per heavy atom. The van der Waals surface area contributed by atoms with E-state index in [1.807, 2.05) is 6.92 Å². The van der Waals surface area contributed by atoms with Crippen molar-refractivity contribution in [1.29, 1.82) is 0 Å². The normalized spacial score (nSPS) is 12.4. The number of carbonyl (C=O) groups is 1. The average molecular weight is 268 g/mol. The Hall–Kier alpha value is -1.62. The third kappa shape index (κ3) is 3.70. The Morgan fingerprint density at radius 1 is 1.28 bits per heavy atom. The second-order valence-corrected chi connectivity index (χ2v) is 5.85. The first-order chi connectivity index (χ1) is 8.36. The molecule has 0 heterocycles. The Bertz CT molecular complexity index is 553. The van der Waals surface area contributed by atoms with Gasteiger partial charge in [0.1, 0.15) is 0 Å². The van der Waals surface area contributed by atoms with E-state index in [0.717, 1.165) is 11.0 Å². The Balaban J connectivity index is 3.17. The first-order valence-corrected chi connectivity index (χ1v) is 7.17. The molecule has 0 amide bonds. The van der Waals surface area contributed by atoms with Gasteiger partial charge in [0.15, 0.2) is 9.84 Å². The summed E-state index contributed by atoms with van der Waals surface area (Å²) in [6, 6.07) is 6.32. The molecule has 0 aliphatic rings. The topological polar surface area (TPSA) is 71.4 Å². The molecule has 0 saturated carbocycles. The highest BCUT2D eigenvalue weighted by Gasteiger charge is 2.15. The Morgan fingerprint density at radius 3 is 2.28 bits per heavy atom. The highest BCUT2D eigenvalue weighted by molar-refractivity contribution is 7.94. The minimum atomic E-state index is -3.69. The first-order valence-electron chi connectivity index (χ1n) is 5.62. The zero-order chi connectivity index (χ0) is 13.8. The number of carboxylic acids is 1. The summed E-state index contributed by atoms with van der Waals surface area (Å²) in [7, 11) is -3.69. The zero-order valence-corrected chi connectivity index (χ0v) is 11.2. The van der Waals surface area contributed by atoms with Gasteiger partial charge in [-0.3, -0.25) is 0 Å². The van der Waals surface area contributed by atoms with E-state index in [0.29, 0.717) is 6.42 Å². The van der Waals surface area contributed by atoms with Gasteiger partial charge in [0, 0.05) is 11.0 Å². The molecule has 0 aromatic heterocycles. The monoisotopic (exact) mass is 268 g/mol. The number of sulfone groups is 1. The summed E-state index contributed by atoms with van der Waals surface area (Å²) in [6.45, 7) is 3.65. The lowest BCUT2D eigenvalue weighted by molar-refractivity contribution is -0.132. The van der Waals surface area contributed by atoms with Crippen LogP contribution in [0.2, 0.25) is 0 Å². The van der Waals surface area contributed by atoms with Gasteiger partial charge in [-0.05, 0) is 25.5 Å². The number of aliphatic carboxylic acids is 1. The molecule has 1 rings (SSSR count). The van der Waals surface area contributed by atoms with Crippen LogP contribution in [0.5, 0.6) is 0 Å². The highest BCUT2D eigenvalue weighted by Crippen LogP contribution is 2.17. The predicted molar refractivity (Wildman–Crippen MR) is 69.0 cm³/mol. The maximum absolute atomic E-state index is 12.0. The SMILES string of the molecule is CCC/C(=C\S(=O)(=O)c1ccc(C)cc1)C(=O)O. The van der Waals surface area contributed by atoms with Crippen molar-refractivity contribution in [3.63, 3.8) is 0 Å². The van der Waals surface area contributed by atoms with E-state index in [9.17, 15) is 13.2 Å². The van der Waals surface area contributed by atoms with Gasteiger partial charge in [0.05, 0.1) is 4.90 Å². The van der Waals surface area contributed by atoms with E-state index in [1.54, 1.807) is 19.1 Å². The summed E-state index contributed by atoms with van der Waals surface area (Å²) in [4.78, 5) is 11.0. The molecule has 0 radical (unpaired) electrons. The number of benzene rings is 1. The van der Waals surface area contributed by atoms with Gasteiger partial charge in [-0.25, -0.2) is 13.2 Å². The minimum Gasteiger partial charge on any atom is -0.478 e. The number of hydrogen-bond donors (Lipinski definition) is 1. The fourth-order valence-electron chi connectivity index (χ4n) is 1.47. The van der Waals surface area contributed by atoms with Crippen LogP contribution in [0, 0.1) is 6.92 Å². The van der Waals surface area contributed by atoms with E-state index >= 15 is 0 Å². The van der Waals surface area contributed by atoms with Gasteiger partial charge in [0.2, 0.25) is 0 Å². The quantitative estimate of drug-likeness (QED) is 0.833. The van der Waals surface area contributed by atoms with Crippen LogP contribution in [0.3, 0.4) is 0 Å². The van der Waals surface area contributed by atoms with E-state index in [-0.39, 0.29) is 16.9 Å². The van der Waals surface area contributed by atoms with Crippen LogP contribution in [0.1, 0.15) is 25.3 Å². The molecule has 0 saturated heterocycles. The number of hydrogen-bond acceptors (Lipinski definition) is 3. The molecule has 0 bridgehead atoms. The number of carboxylic acid groups (broad SMARTS) is 1. The molecule has 5 heteroatoms. The van der Waals surface area contributed by atoms with Crippen LogP contribution in [-0.4, -0.2) is 19.5 Å². The molecule has 0 unspecified atom stereocenters. The molecular formula is C13H16O4S. The molecule has 18 heavy (non-hydrogen) atoms. The predicted octanol–water partition coefficient (Wildman–Crippen LogP) is 2.54. The third-order valence-corrected chi connectivity index (χ3v) is 3.97. The van der Waals surface area contributed by atoms with Crippen molar-refractivity contribution in [2.24, 2.45) is 0 Å². The molecule has 4 nitrogen and oxygen atoms in total. The van der Waals surface area contributed by atoms with Crippen molar-refractivity contribution in [3.8, 4) is 0 Å². The third-order valence-electron chi connectivity index (χ3n) is 2.44. The van der Waals surface area contributed by atoms with Crippen LogP contribution in [-0.2, 0) is 14.6 Å². The first kappa shape index (κ1) is 14.4. The minimum absolute atomic E-state index is 0.0851. The molecule has 0 aliphatic heterocycles. The van der Waals surface area contributed by atoms with Crippen molar-refractivity contribution in [3.05, 3.63) is 40.8 Å². The molecule has 0 spiro atoms. The maximum Gasteiger partial charge on any atom is 0.332 e. The van der Waals surface area contributed by atoms with Crippen molar-refractivity contribution < 1.29 is 18.3 Å². The molecule has 1 aromatic rings. The van der Waals surface area contributed by atoms with Crippen LogP contribution in [0.15, 0.2) is 40.1 Å². The van der Waals surface area contributed by atoms with Crippen LogP contribution in [0.25, 0.3) is 0 Å². The van der Waals surface area contributed by atoms with Gasteiger partial charge < -0.3 is 5.11 Å². The zero-order valence-electron chi connectivity index (χ0n) is 10.4. The molecule has 1 N–H and O–H groups in total. The summed E-state index contributed by atoms with van der Waals surface area (Å²) in [5.74, 6) is -1.19. The fraction of sp³-hybridized carbons (Fsp3) is 0.308. The second kappa shape index (κ2) is 5.82. The summed E-state index contributed by atoms with van der Waals surface area (Å²) in [6.07, 6.45) is 0.821. The largest absolute Gasteiger partial charge is 0.478 e. The van der Waals surface area contributed by atoms with Crippen LogP contribution in [0.4, 0.5) is 0 Å². The molecule has 1 aromatic carbocycles. The lowest BCUT2D eigenvalue weighted by Crippen LogP contribution is -2.05. The highest BCUT2D eigenvalue weighted by atomic mass is 32.2. The van der Waals surface area contributed by atoms with Gasteiger partial charge in [-0.1, -0.05) is 31.0 Å². The van der Waals surface area contributed by atoms with Gasteiger partial charge in [-0.2, -0.15) is 0 Å². The van der Waals surface area contributed by atoms with Gasteiger partial charge >= 0.3 is 5.97 Å². The molecule has 0 aliphatic carbocycles. The van der Waals surface area contributed by atoms with Crippen molar-refractivity contribution >= 4 is 15.8 Å². The number of aryl methyl sites for hydroxylation is 1. The summed E-state index contributed by atoms with van der Waals surface area (Å²) < 4.78 is 24.0. The fourth-order valence-corrected chi connectivity index (χ4v) is 2.71. The van der Waals surface area contributed by atoms with E-state index < -0.39 is 15.8 Å². The van der Waals surface area contributed by atoms with Crippen LogP contribution >= 0.6 is 0 Å². The lowest BCUT2D eigenvalue weighted by atomic mass is 10.2. The molecule has 0 atom stereocenters. The Labute approximate surface area is 107 Å². The lowest BCUT2D eigenvalue weighted by Gasteiger charge is -2.03. The standard InChI is InChI=1S/C13H16O4S/c1-3-4-11(13(14)15)9-18(16,17)12-7-5-10(2)6-8-12/h5-9H,3-4H2,1-2H3,(H,14,15)/b11-9+. The smallest absolute Gasteiger partial charge is 0.332 e.